The summed E-state index contributed by atoms with van der Waals surface area (Å²) in [6, 6.07) is 0. The highest BCUT2D eigenvalue weighted by Gasteiger charge is 2.39. The Bertz CT molecular complexity index is 239. The van der Waals surface area contributed by atoms with E-state index in [1.165, 1.54) is 6.92 Å². The van der Waals surface area contributed by atoms with Gasteiger partial charge in [0.05, 0.1) is 0 Å². The largest absolute Gasteiger partial charge is 0.306 e. The van der Waals surface area contributed by atoms with Crippen molar-refractivity contribution in [2.75, 3.05) is 5.75 Å². The molecule has 0 aromatic carbocycles. The van der Waals surface area contributed by atoms with Crippen molar-refractivity contribution < 1.29 is 12.3 Å². The summed E-state index contributed by atoms with van der Waals surface area (Å²) in [6.07, 6.45) is 0. The molecule has 1 rings (SSSR count). The van der Waals surface area contributed by atoms with Crippen molar-refractivity contribution in [3.05, 3.63) is 0 Å². The van der Waals surface area contributed by atoms with E-state index in [-0.39, 0.29) is 0 Å². The van der Waals surface area contributed by atoms with E-state index in [9.17, 15) is 12.3 Å². The quantitative estimate of drug-likeness (QED) is 0.540. The molecule has 52 valence electrons. The molecule has 0 unspecified atom stereocenters. The molecule has 0 bridgehead atoms. The fourth-order valence-corrected chi connectivity index (χ4v) is 1.24. The number of hydrogen-bond acceptors (Lipinski definition) is 4. The van der Waals surface area contributed by atoms with Crippen LogP contribution in [0.2, 0.25) is 0 Å². The zero-order chi connectivity index (χ0) is 7.12. The highest BCUT2D eigenvalue weighted by molar-refractivity contribution is 7.86. The van der Waals surface area contributed by atoms with Crippen LogP contribution in [0.5, 0.6) is 0 Å². The van der Waals surface area contributed by atoms with Gasteiger partial charge in [0, 0.05) is 0 Å². The monoisotopic (exact) mass is 152 g/mol. The third-order valence-electron chi connectivity index (χ3n) is 0.887. The second-order valence-electron chi connectivity index (χ2n) is 2.10. The molecular formula is C3H5FN2O2S. The van der Waals surface area contributed by atoms with Gasteiger partial charge in [0.1, 0.15) is 5.75 Å². The van der Waals surface area contributed by atoms with Gasteiger partial charge in [0.25, 0.3) is 0 Å². The molecule has 4 nitrogen and oxygen atoms in total. The van der Waals surface area contributed by atoms with Gasteiger partial charge in [-0.2, -0.15) is 18.6 Å². The van der Waals surface area contributed by atoms with Crippen molar-refractivity contribution >= 4 is 10.2 Å². The molecule has 0 radical (unpaired) electrons. The number of hydrogen-bond donors (Lipinski definition) is 0. The normalized spacial score (nSPS) is 22.0. The Hall–Kier alpha value is -0.520. The average Bonchev–Trinajstić information content (AvgIpc) is 2.12. The summed E-state index contributed by atoms with van der Waals surface area (Å²) in [5.41, 5.74) is -0.979. The number of nitrogens with zero attached hydrogens (tertiary/aromatic N) is 2. The first-order chi connectivity index (χ1) is 3.91. The third-order valence-corrected chi connectivity index (χ3v) is 1.78. The molecule has 1 aliphatic heterocycles. The molecule has 0 saturated heterocycles. The molecule has 1 aliphatic rings. The number of rotatable bonds is 2. The lowest BCUT2D eigenvalue weighted by Crippen LogP contribution is -2.16. The summed E-state index contributed by atoms with van der Waals surface area (Å²) in [5.74, 6) is -0.625. The van der Waals surface area contributed by atoms with E-state index in [0.29, 0.717) is 0 Å². The molecule has 0 spiro atoms. The fraction of sp³-hybridized carbons (Fsp3) is 1.00. The van der Waals surface area contributed by atoms with Gasteiger partial charge in [0.2, 0.25) is 5.66 Å². The van der Waals surface area contributed by atoms with Gasteiger partial charge in [-0.15, -0.1) is 3.89 Å². The molecular weight excluding hydrogens is 147 g/mol. The molecule has 0 fully saturated rings. The van der Waals surface area contributed by atoms with E-state index >= 15 is 0 Å². The van der Waals surface area contributed by atoms with Crippen molar-refractivity contribution in [1.29, 1.82) is 0 Å². The Morgan fingerprint density at radius 2 is 2.00 bits per heavy atom. The van der Waals surface area contributed by atoms with E-state index in [1.54, 1.807) is 0 Å². The van der Waals surface area contributed by atoms with Gasteiger partial charge in [-0.25, -0.2) is 0 Å². The maximum Gasteiger partial charge on any atom is 0.306 e. The summed E-state index contributed by atoms with van der Waals surface area (Å²) in [6.45, 7) is 1.45. The van der Waals surface area contributed by atoms with E-state index in [4.69, 9.17) is 0 Å². The minimum atomic E-state index is -4.41. The summed E-state index contributed by atoms with van der Waals surface area (Å²) >= 11 is 0. The van der Waals surface area contributed by atoms with Gasteiger partial charge >= 0.3 is 10.2 Å². The zero-order valence-electron chi connectivity index (χ0n) is 4.70. The highest BCUT2D eigenvalue weighted by atomic mass is 32.3. The molecule has 0 aromatic heterocycles. The lowest BCUT2D eigenvalue weighted by molar-refractivity contribution is 0.541. The maximum atomic E-state index is 11.8. The molecule has 1 heterocycles. The summed E-state index contributed by atoms with van der Waals surface area (Å²) in [5, 5.41) is 6.65. The van der Waals surface area contributed by atoms with Crippen LogP contribution in [-0.4, -0.2) is 19.8 Å². The predicted octanol–water partition coefficient (Wildman–Crippen LogP) is 0.468. The standard InChI is InChI=1S/C3H5FN2O2S/c1-3(5-6-3)2-9(4,7)8/h2H2,1H3. The Kier molecular flexibility index (Phi) is 1.10. The average molecular weight is 152 g/mol. The van der Waals surface area contributed by atoms with Crippen molar-refractivity contribution in [2.24, 2.45) is 10.2 Å². The van der Waals surface area contributed by atoms with Crippen molar-refractivity contribution in [3.63, 3.8) is 0 Å². The van der Waals surface area contributed by atoms with Crippen LogP contribution in [0.25, 0.3) is 0 Å². The molecule has 6 heteroatoms. The fourth-order valence-electron chi connectivity index (χ4n) is 0.470. The maximum absolute atomic E-state index is 11.8. The van der Waals surface area contributed by atoms with Gasteiger partial charge in [-0.05, 0) is 6.92 Å². The molecule has 0 N–H and O–H groups in total. The first-order valence-corrected chi connectivity index (χ1v) is 3.83. The smallest absolute Gasteiger partial charge is 0.195 e. The van der Waals surface area contributed by atoms with Crippen LogP contribution in [0.3, 0.4) is 0 Å². The molecule has 0 aliphatic carbocycles. The van der Waals surface area contributed by atoms with Crippen molar-refractivity contribution in [1.82, 2.24) is 0 Å². The summed E-state index contributed by atoms with van der Waals surface area (Å²) in [4.78, 5) is 0. The van der Waals surface area contributed by atoms with Crippen molar-refractivity contribution in [2.45, 2.75) is 12.6 Å². The van der Waals surface area contributed by atoms with Gasteiger partial charge in [-0.1, -0.05) is 0 Å². The zero-order valence-corrected chi connectivity index (χ0v) is 5.52. The van der Waals surface area contributed by atoms with Crippen LogP contribution in [0, 0.1) is 0 Å². The van der Waals surface area contributed by atoms with Gasteiger partial charge in [0.15, 0.2) is 0 Å². The van der Waals surface area contributed by atoms with E-state index in [1.807, 2.05) is 0 Å². The molecule has 0 saturated carbocycles. The topological polar surface area (TPSA) is 58.9 Å². The Morgan fingerprint density at radius 3 is 2.11 bits per heavy atom. The first-order valence-electron chi connectivity index (χ1n) is 2.28. The highest BCUT2D eigenvalue weighted by Crippen LogP contribution is 2.28. The molecule has 9 heavy (non-hydrogen) atoms. The lowest BCUT2D eigenvalue weighted by Gasteiger charge is -1.95. The van der Waals surface area contributed by atoms with E-state index in [0.717, 1.165) is 0 Å². The van der Waals surface area contributed by atoms with Crippen LogP contribution in [0.4, 0.5) is 3.89 Å². The van der Waals surface area contributed by atoms with Crippen LogP contribution in [0.1, 0.15) is 6.92 Å². The predicted molar refractivity (Wildman–Crippen MR) is 28.2 cm³/mol. The Balaban J connectivity index is 2.54. The first kappa shape index (κ1) is 6.60. The Labute approximate surface area is 52.0 Å². The van der Waals surface area contributed by atoms with Crippen LogP contribution in [0.15, 0.2) is 10.2 Å². The second kappa shape index (κ2) is 1.50. The molecule has 0 aromatic rings. The van der Waals surface area contributed by atoms with Crippen LogP contribution < -0.4 is 0 Å². The van der Waals surface area contributed by atoms with Crippen molar-refractivity contribution in [3.8, 4) is 0 Å². The third kappa shape index (κ3) is 2.05. The summed E-state index contributed by atoms with van der Waals surface area (Å²) in [7, 11) is -4.41. The van der Waals surface area contributed by atoms with Gasteiger partial charge in [-0.3, -0.25) is 0 Å². The van der Waals surface area contributed by atoms with Crippen LogP contribution in [-0.2, 0) is 10.2 Å². The van der Waals surface area contributed by atoms with Gasteiger partial charge < -0.3 is 0 Å². The SMILES string of the molecule is CC1(CS(=O)(=O)F)N=N1. The minimum absolute atomic E-state index is 0.625. The second-order valence-corrected chi connectivity index (χ2v) is 3.47. The number of halogens is 1. The molecule has 0 atom stereocenters. The minimum Gasteiger partial charge on any atom is -0.195 e. The Morgan fingerprint density at radius 1 is 1.56 bits per heavy atom. The summed E-state index contributed by atoms with van der Waals surface area (Å²) < 4.78 is 31.6. The molecule has 0 amide bonds. The van der Waals surface area contributed by atoms with Crippen LogP contribution >= 0.6 is 0 Å². The lowest BCUT2D eigenvalue weighted by atomic mass is 10.3. The van der Waals surface area contributed by atoms with E-state index in [2.05, 4.69) is 10.2 Å². The van der Waals surface area contributed by atoms with E-state index < -0.39 is 21.6 Å².